The van der Waals surface area contributed by atoms with Gasteiger partial charge in [-0.05, 0) is 44.0 Å². The Balaban J connectivity index is 2.45. The van der Waals surface area contributed by atoms with Crippen LogP contribution in [-0.4, -0.2) is 32.7 Å². The Bertz CT molecular complexity index is 365. The van der Waals surface area contributed by atoms with Crippen LogP contribution >= 0.6 is 31.9 Å². The molecule has 0 heterocycles. The minimum atomic E-state index is -0.0892. The first kappa shape index (κ1) is 14.6. The second-order valence-corrected chi connectivity index (χ2v) is 5.02. The lowest BCUT2D eigenvalue weighted by atomic mass is 10.3. The molecule has 0 radical (unpaired) electrons. The minimum absolute atomic E-state index is 0.0892. The van der Waals surface area contributed by atoms with Gasteiger partial charge in [0.2, 0.25) is 5.91 Å². The van der Waals surface area contributed by atoms with Crippen LogP contribution in [0.1, 0.15) is 0 Å². The molecular formula is C11H14Br2N2O2. The number of carbonyl (C=O) groups excluding carboxylic acids is 1. The van der Waals surface area contributed by atoms with Gasteiger partial charge in [0, 0.05) is 22.6 Å². The second kappa shape index (κ2) is 7.81. The molecule has 0 bridgehead atoms. The maximum Gasteiger partial charge on any atom is 0.238 e. The number of ether oxygens (including phenoxy) is 1. The lowest BCUT2D eigenvalue weighted by Gasteiger charge is -2.10. The van der Waals surface area contributed by atoms with E-state index >= 15 is 0 Å². The summed E-state index contributed by atoms with van der Waals surface area (Å²) in [4.78, 5) is 11.6. The fraction of sp³-hybridized carbons (Fsp3) is 0.364. The smallest absolute Gasteiger partial charge is 0.238 e. The summed E-state index contributed by atoms with van der Waals surface area (Å²) in [6.07, 6.45) is 0. The monoisotopic (exact) mass is 364 g/mol. The predicted molar refractivity (Wildman–Crippen MR) is 75.2 cm³/mol. The lowest BCUT2D eigenvalue weighted by Crippen LogP contribution is -2.30. The zero-order valence-electron chi connectivity index (χ0n) is 9.43. The molecule has 94 valence electrons. The summed E-state index contributed by atoms with van der Waals surface area (Å²) in [5, 5.41) is 5.80. The molecule has 0 aliphatic carbocycles. The Morgan fingerprint density at radius 1 is 1.35 bits per heavy atom. The predicted octanol–water partition coefficient (Wildman–Crippen LogP) is 2.39. The molecular weight excluding hydrogens is 352 g/mol. The molecule has 4 nitrogen and oxygen atoms in total. The molecule has 0 unspecified atom stereocenters. The molecule has 0 fully saturated rings. The molecule has 0 aliphatic heterocycles. The highest BCUT2D eigenvalue weighted by Crippen LogP contribution is 2.30. The van der Waals surface area contributed by atoms with Crippen molar-refractivity contribution in [2.45, 2.75) is 0 Å². The first-order valence-corrected chi connectivity index (χ1v) is 6.67. The van der Waals surface area contributed by atoms with Gasteiger partial charge in [0.15, 0.2) is 0 Å². The minimum Gasteiger partial charge on any atom is -0.383 e. The highest BCUT2D eigenvalue weighted by molar-refractivity contribution is 9.11. The van der Waals surface area contributed by atoms with Gasteiger partial charge >= 0.3 is 0 Å². The Morgan fingerprint density at radius 3 is 2.59 bits per heavy atom. The van der Waals surface area contributed by atoms with Gasteiger partial charge < -0.3 is 15.4 Å². The molecule has 1 aromatic rings. The molecule has 17 heavy (non-hydrogen) atoms. The number of nitrogens with one attached hydrogen (secondary N) is 2. The van der Waals surface area contributed by atoms with Crippen LogP contribution in [0.2, 0.25) is 0 Å². The van der Waals surface area contributed by atoms with Crippen LogP contribution in [-0.2, 0) is 9.53 Å². The summed E-state index contributed by atoms with van der Waals surface area (Å²) in [7, 11) is 1.62. The van der Waals surface area contributed by atoms with Crippen LogP contribution < -0.4 is 10.6 Å². The highest BCUT2D eigenvalue weighted by atomic mass is 79.9. The Morgan fingerprint density at radius 2 is 2.00 bits per heavy atom. The summed E-state index contributed by atoms with van der Waals surface area (Å²) in [6.45, 7) is 1.50. The van der Waals surface area contributed by atoms with E-state index in [4.69, 9.17) is 4.74 Å². The summed E-state index contributed by atoms with van der Waals surface area (Å²) in [5.41, 5.74) is 0.742. The molecule has 2 N–H and O–H groups in total. The fourth-order valence-electron chi connectivity index (χ4n) is 1.18. The summed E-state index contributed by atoms with van der Waals surface area (Å²) < 4.78 is 6.56. The zero-order valence-corrected chi connectivity index (χ0v) is 12.6. The van der Waals surface area contributed by atoms with Crippen LogP contribution in [0.15, 0.2) is 27.1 Å². The number of hydrogen-bond acceptors (Lipinski definition) is 3. The number of carbonyl (C=O) groups is 1. The standard InChI is InChI=1S/C11H14Br2N2O2/c1-17-6-5-14-7-10(16)15-11-8(12)3-2-4-9(11)13/h2-4,14H,5-7H2,1H3,(H,15,16). The van der Waals surface area contributed by atoms with Crippen LogP contribution in [0.5, 0.6) is 0 Å². The van der Waals surface area contributed by atoms with Crippen molar-refractivity contribution in [3.05, 3.63) is 27.1 Å². The first-order valence-electron chi connectivity index (χ1n) is 5.08. The number of methoxy groups -OCH3 is 1. The van der Waals surface area contributed by atoms with Gasteiger partial charge in [-0.15, -0.1) is 0 Å². The maximum atomic E-state index is 11.6. The first-order chi connectivity index (χ1) is 8.15. The van der Waals surface area contributed by atoms with Gasteiger partial charge in [-0.2, -0.15) is 0 Å². The summed E-state index contributed by atoms with van der Waals surface area (Å²) in [6, 6.07) is 5.64. The molecule has 0 aliphatic rings. The fourth-order valence-corrected chi connectivity index (χ4v) is 2.37. The Kier molecular flexibility index (Phi) is 6.72. The largest absolute Gasteiger partial charge is 0.383 e. The highest BCUT2D eigenvalue weighted by Gasteiger charge is 2.08. The van der Waals surface area contributed by atoms with Crippen molar-refractivity contribution >= 4 is 43.5 Å². The normalized spacial score (nSPS) is 10.3. The number of para-hydroxylation sites is 1. The van der Waals surface area contributed by atoms with Gasteiger partial charge in [-0.1, -0.05) is 6.07 Å². The van der Waals surface area contributed by atoms with E-state index in [1.54, 1.807) is 7.11 Å². The molecule has 0 aromatic heterocycles. The van der Waals surface area contributed by atoms with E-state index in [9.17, 15) is 4.79 Å². The van der Waals surface area contributed by atoms with E-state index in [1.165, 1.54) is 0 Å². The molecule has 0 spiro atoms. The molecule has 1 aromatic carbocycles. The number of hydrogen-bond donors (Lipinski definition) is 2. The third-order valence-corrected chi connectivity index (χ3v) is 3.32. The van der Waals surface area contributed by atoms with Gasteiger partial charge in [0.1, 0.15) is 0 Å². The molecule has 0 saturated carbocycles. The van der Waals surface area contributed by atoms with Crippen LogP contribution in [0.3, 0.4) is 0 Å². The number of anilines is 1. The van der Waals surface area contributed by atoms with Crippen LogP contribution in [0.4, 0.5) is 5.69 Å². The second-order valence-electron chi connectivity index (χ2n) is 3.31. The van der Waals surface area contributed by atoms with E-state index in [0.29, 0.717) is 13.2 Å². The average Bonchev–Trinajstić information content (AvgIpc) is 2.30. The van der Waals surface area contributed by atoms with E-state index in [2.05, 4.69) is 42.5 Å². The molecule has 6 heteroatoms. The number of amides is 1. The SMILES string of the molecule is COCCNCC(=O)Nc1c(Br)cccc1Br. The maximum absolute atomic E-state index is 11.6. The average molecular weight is 366 g/mol. The third kappa shape index (κ3) is 5.16. The Hall–Kier alpha value is -0.430. The van der Waals surface area contributed by atoms with Crippen molar-refractivity contribution in [2.24, 2.45) is 0 Å². The van der Waals surface area contributed by atoms with Crippen LogP contribution in [0.25, 0.3) is 0 Å². The molecule has 0 atom stereocenters. The third-order valence-electron chi connectivity index (χ3n) is 2.00. The van der Waals surface area contributed by atoms with Crippen molar-refractivity contribution in [2.75, 3.05) is 32.1 Å². The van der Waals surface area contributed by atoms with E-state index in [0.717, 1.165) is 14.6 Å². The molecule has 0 saturated heterocycles. The number of benzene rings is 1. The molecule has 1 rings (SSSR count). The number of halogens is 2. The van der Waals surface area contributed by atoms with Crippen molar-refractivity contribution in [1.82, 2.24) is 5.32 Å². The summed E-state index contributed by atoms with van der Waals surface area (Å²) >= 11 is 6.77. The number of rotatable bonds is 6. The van der Waals surface area contributed by atoms with E-state index in [1.807, 2.05) is 18.2 Å². The van der Waals surface area contributed by atoms with Gasteiger partial charge in [0.05, 0.1) is 18.8 Å². The van der Waals surface area contributed by atoms with Gasteiger partial charge in [-0.25, -0.2) is 0 Å². The quantitative estimate of drug-likeness (QED) is 0.761. The van der Waals surface area contributed by atoms with Crippen molar-refractivity contribution in [3.8, 4) is 0 Å². The van der Waals surface area contributed by atoms with E-state index < -0.39 is 0 Å². The van der Waals surface area contributed by atoms with Gasteiger partial charge in [-0.3, -0.25) is 4.79 Å². The Labute approximate surface area is 117 Å². The van der Waals surface area contributed by atoms with Crippen molar-refractivity contribution < 1.29 is 9.53 Å². The topological polar surface area (TPSA) is 50.4 Å². The lowest BCUT2D eigenvalue weighted by molar-refractivity contribution is -0.115. The van der Waals surface area contributed by atoms with Crippen molar-refractivity contribution in [3.63, 3.8) is 0 Å². The van der Waals surface area contributed by atoms with Crippen molar-refractivity contribution in [1.29, 1.82) is 0 Å². The van der Waals surface area contributed by atoms with Gasteiger partial charge in [0.25, 0.3) is 0 Å². The van der Waals surface area contributed by atoms with Crippen LogP contribution in [0, 0.1) is 0 Å². The summed E-state index contributed by atoms with van der Waals surface area (Å²) in [5.74, 6) is -0.0892. The van der Waals surface area contributed by atoms with E-state index in [-0.39, 0.29) is 12.5 Å². The molecule has 1 amide bonds. The zero-order chi connectivity index (χ0) is 12.7.